The molecular weight excluding hydrogens is 511 g/mol. The summed E-state index contributed by atoms with van der Waals surface area (Å²) in [6, 6.07) is 14.8. The number of aliphatic imine (C=N–C) groups is 1. The van der Waals surface area contributed by atoms with Gasteiger partial charge in [0.25, 0.3) is 0 Å². The first-order valence-corrected chi connectivity index (χ1v) is 14.2. The number of nitrogens with zero attached hydrogens (tertiary/aromatic N) is 4. The maximum atomic E-state index is 14.1. The minimum absolute atomic E-state index is 0.285. The molecule has 3 aromatic heterocycles. The average molecular weight is 547 g/mol. The van der Waals surface area contributed by atoms with Crippen LogP contribution in [-0.2, 0) is 6.42 Å². The van der Waals surface area contributed by atoms with Crippen LogP contribution < -0.4 is 5.73 Å². The molecule has 1 saturated carbocycles. The molecule has 0 unspecified atom stereocenters. The van der Waals surface area contributed by atoms with E-state index in [9.17, 15) is 4.39 Å². The van der Waals surface area contributed by atoms with Gasteiger partial charge in [0.1, 0.15) is 11.5 Å². The van der Waals surface area contributed by atoms with Crippen LogP contribution in [0, 0.1) is 5.82 Å². The van der Waals surface area contributed by atoms with E-state index in [0.717, 1.165) is 82.9 Å². The van der Waals surface area contributed by atoms with Crippen LogP contribution in [0.15, 0.2) is 89.2 Å². The topological polar surface area (TPSA) is 83.2 Å². The van der Waals surface area contributed by atoms with Crippen LogP contribution >= 0.6 is 0 Å². The van der Waals surface area contributed by atoms with Crippen LogP contribution in [0.4, 0.5) is 4.39 Å². The van der Waals surface area contributed by atoms with Crippen molar-refractivity contribution in [3.8, 4) is 11.3 Å². The van der Waals surface area contributed by atoms with E-state index in [1.807, 2.05) is 12.1 Å². The number of benzene rings is 1. The number of pyridine rings is 2. The summed E-state index contributed by atoms with van der Waals surface area (Å²) >= 11 is 0. The first-order chi connectivity index (χ1) is 20.0. The standard InChI is InChI=1S/C34H35FN6/c1-41(2)21-23(16-22-9-10-22)17-26(20-36)29-12-11-24-6-3-4-14-37-34(33(24)40-29)31-19-28-30(39-31)13-15-38-32(28)25-7-5-8-27(35)18-25/h5,7-8,11-13,15-20,39H,3-4,6,9-10,14,21,36H2,1-2H3/b23-17+,26-20+,37-34?. The number of aryl methyl sites for hydroxylation is 1. The van der Waals surface area contributed by atoms with Crippen LogP contribution in [0.25, 0.3) is 27.7 Å². The van der Waals surface area contributed by atoms with Gasteiger partial charge in [0.05, 0.1) is 22.8 Å². The van der Waals surface area contributed by atoms with Crippen LogP contribution in [0.3, 0.4) is 0 Å². The largest absolute Gasteiger partial charge is 0.404 e. The van der Waals surface area contributed by atoms with Gasteiger partial charge in [-0.05, 0) is 93.7 Å². The molecule has 0 spiro atoms. The molecule has 208 valence electrons. The van der Waals surface area contributed by atoms with Crippen molar-refractivity contribution >= 4 is 22.2 Å². The van der Waals surface area contributed by atoms with Gasteiger partial charge in [0.2, 0.25) is 0 Å². The Morgan fingerprint density at radius 1 is 1.05 bits per heavy atom. The zero-order chi connectivity index (χ0) is 28.3. The monoisotopic (exact) mass is 546 g/mol. The lowest BCUT2D eigenvalue weighted by Gasteiger charge is -2.16. The minimum atomic E-state index is -0.285. The summed E-state index contributed by atoms with van der Waals surface area (Å²) in [5.74, 6) is -0.285. The number of aromatic nitrogens is 3. The van der Waals surface area contributed by atoms with Crippen LogP contribution in [-0.4, -0.2) is 52.7 Å². The zero-order valence-corrected chi connectivity index (χ0v) is 23.6. The third-order valence-electron chi connectivity index (χ3n) is 7.47. The lowest BCUT2D eigenvalue weighted by molar-refractivity contribution is 0.449. The third kappa shape index (κ3) is 6.05. The molecule has 4 aromatic rings. The SMILES string of the molecule is CN(C)C/C(C=C1CC1)=C/C(=C\N)c1ccc2c(n1)C(c1cc3c(-c4cccc(F)c4)nccc3[nH]1)=NCCCC2. The van der Waals surface area contributed by atoms with E-state index in [4.69, 9.17) is 15.7 Å². The Hall–Kier alpha value is -4.36. The molecule has 1 fully saturated rings. The van der Waals surface area contributed by atoms with Gasteiger partial charge < -0.3 is 15.6 Å². The number of allylic oxidation sites excluding steroid dienone is 3. The van der Waals surface area contributed by atoms with Gasteiger partial charge in [-0.25, -0.2) is 9.37 Å². The van der Waals surface area contributed by atoms with Gasteiger partial charge in [-0.3, -0.25) is 9.98 Å². The van der Waals surface area contributed by atoms with Crippen molar-refractivity contribution in [1.82, 2.24) is 19.9 Å². The van der Waals surface area contributed by atoms with Gasteiger partial charge in [-0.2, -0.15) is 0 Å². The fraction of sp³-hybridized carbons (Fsp3) is 0.265. The lowest BCUT2D eigenvalue weighted by atomic mass is 9.98. The number of H-pyrrole nitrogens is 1. The van der Waals surface area contributed by atoms with Crippen molar-refractivity contribution in [1.29, 1.82) is 0 Å². The number of halogens is 1. The summed E-state index contributed by atoms with van der Waals surface area (Å²) in [6.07, 6.45) is 13.2. The van der Waals surface area contributed by atoms with Crippen molar-refractivity contribution < 1.29 is 4.39 Å². The average Bonchev–Trinajstić information content (AvgIpc) is 3.66. The molecule has 6 rings (SSSR count). The molecule has 6 nitrogen and oxygen atoms in total. The van der Waals surface area contributed by atoms with Crippen LogP contribution in [0.5, 0.6) is 0 Å². The number of rotatable bonds is 7. The summed E-state index contributed by atoms with van der Waals surface area (Å²) < 4.78 is 14.1. The fourth-order valence-electron chi connectivity index (χ4n) is 5.39. The lowest BCUT2D eigenvalue weighted by Crippen LogP contribution is -2.15. The van der Waals surface area contributed by atoms with Crippen LogP contribution in [0.2, 0.25) is 0 Å². The second-order valence-corrected chi connectivity index (χ2v) is 11.1. The molecule has 1 aliphatic carbocycles. The highest BCUT2D eigenvalue weighted by atomic mass is 19.1. The van der Waals surface area contributed by atoms with E-state index in [-0.39, 0.29) is 5.82 Å². The normalized spacial score (nSPS) is 15.9. The molecule has 3 N–H and O–H groups in total. The smallest absolute Gasteiger partial charge is 0.123 e. The van der Waals surface area contributed by atoms with Gasteiger partial charge >= 0.3 is 0 Å². The van der Waals surface area contributed by atoms with Crippen molar-refractivity contribution in [2.75, 3.05) is 27.2 Å². The van der Waals surface area contributed by atoms with Crippen molar-refractivity contribution in [3.63, 3.8) is 0 Å². The predicted molar refractivity (Wildman–Crippen MR) is 165 cm³/mol. The van der Waals surface area contributed by atoms with Gasteiger partial charge in [-0.1, -0.05) is 29.8 Å². The Kier molecular flexibility index (Phi) is 7.61. The van der Waals surface area contributed by atoms with Crippen molar-refractivity contribution in [2.24, 2.45) is 10.7 Å². The molecule has 0 amide bonds. The van der Waals surface area contributed by atoms with Crippen LogP contribution in [0.1, 0.15) is 48.3 Å². The summed E-state index contributed by atoms with van der Waals surface area (Å²) in [5, 5.41) is 0.919. The van der Waals surface area contributed by atoms with E-state index in [0.29, 0.717) is 0 Å². The number of nitrogens with one attached hydrogen (secondary N) is 1. The number of hydrogen-bond acceptors (Lipinski definition) is 5. The first-order valence-electron chi connectivity index (χ1n) is 14.2. The highest BCUT2D eigenvalue weighted by Gasteiger charge is 2.20. The Bertz CT molecular complexity index is 1720. The highest BCUT2D eigenvalue weighted by molar-refractivity contribution is 6.14. The fourth-order valence-corrected chi connectivity index (χ4v) is 5.39. The molecule has 4 heterocycles. The molecule has 0 atom stereocenters. The molecular formula is C34H35FN6. The number of fused-ring (bicyclic) bond motifs is 2. The highest BCUT2D eigenvalue weighted by Crippen LogP contribution is 2.31. The Morgan fingerprint density at radius 2 is 1.93 bits per heavy atom. The maximum absolute atomic E-state index is 14.1. The molecule has 0 radical (unpaired) electrons. The summed E-state index contributed by atoms with van der Waals surface area (Å²) in [5.41, 5.74) is 16.7. The summed E-state index contributed by atoms with van der Waals surface area (Å²) in [7, 11) is 4.15. The number of hydrogen-bond donors (Lipinski definition) is 2. The summed E-state index contributed by atoms with van der Waals surface area (Å²) in [4.78, 5) is 20.6. The molecule has 0 saturated heterocycles. The third-order valence-corrected chi connectivity index (χ3v) is 7.47. The van der Waals surface area contributed by atoms with E-state index < -0.39 is 0 Å². The molecule has 1 aliphatic heterocycles. The van der Waals surface area contributed by atoms with Crippen molar-refractivity contribution in [3.05, 3.63) is 113 Å². The Morgan fingerprint density at radius 3 is 2.71 bits per heavy atom. The van der Waals surface area contributed by atoms with Crippen molar-refractivity contribution in [2.45, 2.75) is 32.1 Å². The predicted octanol–water partition coefficient (Wildman–Crippen LogP) is 6.45. The Labute approximate surface area is 240 Å². The van der Waals surface area contributed by atoms with Gasteiger partial charge in [-0.15, -0.1) is 0 Å². The van der Waals surface area contributed by atoms with E-state index in [1.54, 1.807) is 18.5 Å². The summed E-state index contributed by atoms with van der Waals surface area (Å²) in [6.45, 7) is 1.56. The quantitative estimate of drug-likeness (QED) is 0.261. The number of nitrogens with two attached hydrogens (primary N) is 1. The number of aromatic amines is 1. The molecule has 7 heteroatoms. The second-order valence-electron chi connectivity index (χ2n) is 11.1. The molecule has 41 heavy (non-hydrogen) atoms. The van der Waals surface area contributed by atoms with E-state index in [2.05, 4.69) is 59.3 Å². The number of likely N-dealkylation sites (N-methyl/N-ethyl adjacent to an activating group) is 1. The molecule has 2 aliphatic rings. The first kappa shape index (κ1) is 26.8. The van der Waals surface area contributed by atoms with E-state index >= 15 is 0 Å². The second kappa shape index (κ2) is 11.6. The maximum Gasteiger partial charge on any atom is 0.123 e. The minimum Gasteiger partial charge on any atom is -0.404 e. The Balaban J connectivity index is 1.43. The zero-order valence-electron chi connectivity index (χ0n) is 23.6. The molecule has 0 bridgehead atoms. The van der Waals surface area contributed by atoms with Gasteiger partial charge in [0.15, 0.2) is 0 Å². The van der Waals surface area contributed by atoms with Gasteiger partial charge in [0, 0.05) is 47.5 Å². The molecule has 1 aromatic carbocycles. The van der Waals surface area contributed by atoms with E-state index in [1.165, 1.54) is 41.7 Å².